The van der Waals surface area contributed by atoms with Crippen molar-refractivity contribution < 1.29 is 4.79 Å². The summed E-state index contributed by atoms with van der Waals surface area (Å²) in [7, 11) is 0. The third kappa shape index (κ3) is 4.24. The SMILES string of the molecule is N#Cc1ccc(NCC(=O)Nc2ccc(I)cc2)cc1. The standard InChI is InChI=1S/C15H12IN3O/c16-12-3-7-14(8-4-12)19-15(20)10-18-13-5-1-11(9-17)2-6-13/h1-8,18H,10H2,(H,19,20). The van der Waals surface area contributed by atoms with Crippen molar-refractivity contribution in [3.8, 4) is 6.07 Å². The number of carbonyl (C=O) groups excluding carboxylic acids is 1. The summed E-state index contributed by atoms with van der Waals surface area (Å²) in [5.74, 6) is -0.115. The van der Waals surface area contributed by atoms with E-state index in [1.165, 1.54) is 0 Å². The maximum absolute atomic E-state index is 11.8. The van der Waals surface area contributed by atoms with Gasteiger partial charge in [0, 0.05) is 14.9 Å². The zero-order chi connectivity index (χ0) is 14.4. The van der Waals surface area contributed by atoms with Crippen LogP contribution in [0.1, 0.15) is 5.56 Å². The van der Waals surface area contributed by atoms with Gasteiger partial charge in [-0.05, 0) is 71.1 Å². The molecule has 1 amide bonds. The van der Waals surface area contributed by atoms with Crippen LogP contribution >= 0.6 is 22.6 Å². The van der Waals surface area contributed by atoms with Crippen molar-refractivity contribution in [2.45, 2.75) is 0 Å². The zero-order valence-electron chi connectivity index (χ0n) is 10.6. The lowest BCUT2D eigenvalue weighted by Gasteiger charge is -2.08. The topological polar surface area (TPSA) is 64.9 Å². The summed E-state index contributed by atoms with van der Waals surface area (Å²) in [5.41, 5.74) is 2.18. The summed E-state index contributed by atoms with van der Waals surface area (Å²) in [6.45, 7) is 0.178. The van der Waals surface area contributed by atoms with Crippen molar-refractivity contribution in [1.29, 1.82) is 5.26 Å². The van der Waals surface area contributed by atoms with Gasteiger partial charge in [-0.1, -0.05) is 0 Å². The van der Waals surface area contributed by atoms with E-state index in [4.69, 9.17) is 5.26 Å². The lowest BCUT2D eigenvalue weighted by molar-refractivity contribution is -0.114. The van der Waals surface area contributed by atoms with E-state index in [1.54, 1.807) is 24.3 Å². The minimum atomic E-state index is -0.115. The molecule has 0 heterocycles. The second-order valence-electron chi connectivity index (χ2n) is 4.10. The Hall–Kier alpha value is -2.07. The molecule has 100 valence electrons. The summed E-state index contributed by atoms with van der Waals surface area (Å²) in [4.78, 5) is 11.8. The van der Waals surface area contributed by atoms with Crippen LogP contribution in [0.4, 0.5) is 11.4 Å². The highest BCUT2D eigenvalue weighted by Crippen LogP contribution is 2.11. The third-order valence-corrected chi connectivity index (χ3v) is 3.31. The lowest BCUT2D eigenvalue weighted by Crippen LogP contribution is -2.21. The number of nitriles is 1. The first kappa shape index (κ1) is 14.3. The minimum absolute atomic E-state index is 0.115. The van der Waals surface area contributed by atoms with Crippen LogP contribution in [0.15, 0.2) is 48.5 Å². The van der Waals surface area contributed by atoms with Gasteiger partial charge in [0.15, 0.2) is 0 Å². The maximum Gasteiger partial charge on any atom is 0.243 e. The average Bonchev–Trinajstić information content (AvgIpc) is 2.48. The van der Waals surface area contributed by atoms with Crippen molar-refractivity contribution in [3.05, 3.63) is 57.7 Å². The summed E-state index contributed by atoms with van der Waals surface area (Å²) in [6.07, 6.45) is 0. The van der Waals surface area contributed by atoms with Crippen molar-refractivity contribution in [2.24, 2.45) is 0 Å². The number of hydrogen-bond donors (Lipinski definition) is 2. The molecule has 20 heavy (non-hydrogen) atoms. The van der Waals surface area contributed by atoms with Gasteiger partial charge in [-0.25, -0.2) is 0 Å². The van der Waals surface area contributed by atoms with Crippen LogP contribution in [-0.2, 0) is 4.79 Å². The lowest BCUT2D eigenvalue weighted by atomic mass is 10.2. The predicted molar refractivity (Wildman–Crippen MR) is 87.4 cm³/mol. The Morgan fingerprint density at radius 1 is 1.05 bits per heavy atom. The number of carbonyl (C=O) groups is 1. The number of halogens is 1. The molecular formula is C15H12IN3O. The van der Waals surface area contributed by atoms with Gasteiger partial charge in [-0.3, -0.25) is 4.79 Å². The van der Waals surface area contributed by atoms with Crippen molar-refractivity contribution in [2.75, 3.05) is 17.2 Å². The molecule has 0 aromatic heterocycles. The summed E-state index contributed by atoms with van der Waals surface area (Å²) < 4.78 is 1.12. The first-order valence-corrected chi connectivity index (χ1v) is 7.05. The molecule has 0 atom stereocenters. The molecule has 2 aromatic carbocycles. The Morgan fingerprint density at radius 3 is 2.25 bits per heavy atom. The number of nitrogens with zero attached hydrogens (tertiary/aromatic N) is 1. The Morgan fingerprint density at radius 2 is 1.65 bits per heavy atom. The molecule has 0 saturated carbocycles. The highest BCUT2D eigenvalue weighted by Gasteiger charge is 2.02. The predicted octanol–water partition coefficient (Wildman–Crippen LogP) is 3.21. The molecule has 5 heteroatoms. The summed E-state index contributed by atoms with van der Waals surface area (Å²) in [6, 6.07) is 16.6. The van der Waals surface area contributed by atoms with E-state index in [1.807, 2.05) is 30.3 Å². The summed E-state index contributed by atoms with van der Waals surface area (Å²) in [5, 5.41) is 14.5. The van der Waals surface area contributed by atoms with Crippen LogP contribution in [0.3, 0.4) is 0 Å². The molecule has 2 aromatic rings. The molecule has 0 aliphatic carbocycles. The molecule has 0 saturated heterocycles. The smallest absolute Gasteiger partial charge is 0.243 e. The quantitative estimate of drug-likeness (QED) is 0.805. The van der Waals surface area contributed by atoms with Crippen LogP contribution in [0, 0.1) is 14.9 Å². The molecule has 0 fully saturated rings. The molecule has 0 bridgehead atoms. The van der Waals surface area contributed by atoms with E-state index < -0.39 is 0 Å². The molecule has 2 N–H and O–H groups in total. The van der Waals surface area contributed by atoms with Gasteiger partial charge in [-0.2, -0.15) is 5.26 Å². The van der Waals surface area contributed by atoms with Crippen molar-refractivity contribution in [1.82, 2.24) is 0 Å². The molecule has 0 radical (unpaired) electrons. The third-order valence-electron chi connectivity index (χ3n) is 2.60. The van der Waals surface area contributed by atoms with Gasteiger partial charge >= 0.3 is 0 Å². The van der Waals surface area contributed by atoms with Gasteiger partial charge in [-0.15, -0.1) is 0 Å². The fraction of sp³-hybridized carbons (Fsp3) is 0.0667. The fourth-order valence-electron chi connectivity index (χ4n) is 1.58. The second-order valence-corrected chi connectivity index (χ2v) is 5.34. The molecule has 0 aliphatic rings. The molecule has 4 nitrogen and oxygen atoms in total. The largest absolute Gasteiger partial charge is 0.376 e. The fourth-order valence-corrected chi connectivity index (χ4v) is 1.94. The Labute approximate surface area is 130 Å². The Balaban J connectivity index is 1.85. The maximum atomic E-state index is 11.8. The van der Waals surface area contributed by atoms with E-state index in [0.717, 1.165) is 14.9 Å². The minimum Gasteiger partial charge on any atom is -0.376 e. The van der Waals surface area contributed by atoms with Crippen LogP contribution in [0.25, 0.3) is 0 Å². The van der Waals surface area contributed by atoms with Crippen molar-refractivity contribution >= 4 is 39.9 Å². The monoisotopic (exact) mass is 377 g/mol. The van der Waals surface area contributed by atoms with Crippen LogP contribution in [-0.4, -0.2) is 12.5 Å². The number of amides is 1. The number of rotatable bonds is 4. The highest BCUT2D eigenvalue weighted by atomic mass is 127. The van der Waals surface area contributed by atoms with E-state index in [2.05, 4.69) is 33.2 Å². The number of hydrogen-bond acceptors (Lipinski definition) is 3. The molecule has 0 unspecified atom stereocenters. The van der Waals surface area contributed by atoms with Gasteiger partial charge in [0.2, 0.25) is 5.91 Å². The van der Waals surface area contributed by atoms with Gasteiger partial charge in [0.1, 0.15) is 0 Å². The van der Waals surface area contributed by atoms with Crippen LogP contribution in [0.2, 0.25) is 0 Å². The van der Waals surface area contributed by atoms with E-state index in [9.17, 15) is 4.79 Å². The second kappa shape index (κ2) is 6.91. The van der Waals surface area contributed by atoms with E-state index in [-0.39, 0.29) is 12.5 Å². The number of nitrogens with one attached hydrogen (secondary N) is 2. The van der Waals surface area contributed by atoms with Crippen LogP contribution < -0.4 is 10.6 Å². The average molecular weight is 377 g/mol. The molecule has 0 aliphatic heterocycles. The van der Waals surface area contributed by atoms with E-state index in [0.29, 0.717) is 5.56 Å². The highest BCUT2D eigenvalue weighted by molar-refractivity contribution is 14.1. The van der Waals surface area contributed by atoms with Gasteiger partial charge in [0.25, 0.3) is 0 Å². The Kier molecular flexibility index (Phi) is 4.96. The van der Waals surface area contributed by atoms with Gasteiger partial charge in [0.05, 0.1) is 18.2 Å². The van der Waals surface area contributed by atoms with Crippen LogP contribution in [0.5, 0.6) is 0 Å². The molecular weight excluding hydrogens is 365 g/mol. The van der Waals surface area contributed by atoms with Crippen molar-refractivity contribution in [3.63, 3.8) is 0 Å². The normalized spacial score (nSPS) is 9.60. The zero-order valence-corrected chi connectivity index (χ0v) is 12.7. The first-order valence-electron chi connectivity index (χ1n) is 5.97. The Bertz CT molecular complexity index is 630. The summed E-state index contributed by atoms with van der Waals surface area (Å²) >= 11 is 2.21. The van der Waals surface area contributed by atoms with E-state index >= 15 is 0 Å². The molecule has 2 rings (SSSR count). The molecule has 0 spiro atoms. The number of anilines is 2. The first-order chi connectivity index (χ1) is 9.67. The van der Waals surface area contributed by atoms with Gasteiger partial charge < -0.3 is 10.6 Å². The number of benzene rings is 2.